The van der Waals surface area contributed by atoms with Gasteiger partial charge in [0.1, 0.15) is 5.69 Å². The van der Waals surface area contributed by atoms with Crippen LogP contribution in [0.1, 0.15) is 23.1 Å². The van der Waals surface area contributed by atoms with Crippen molar-refractivity contribution in [3.63, 3.8) is 0 Å². The summed E-state index contributed by atoms with van der Waals surface area (Å²) >= 11 is 0. The van der Waals surface area contributed by atoms with Crippen LogP contribution in [0, 0.1) is 0 Å². The Balaban J connectivity index is 1.88. The molecule has 2 heterocycles. The van der Waals surface area contributed by atoms with Gasteiger partial charge in [0.05, 0.1) is 24.4 Å². The van der Waals surface area contributed by atoms with Crippen molar-refractivity contribution in [1.82, 2.24) is 9.55 Å². The van der Waals surface area contributed by atoms with Crippen LogP contribution in [0.15, 0.2) is 54.7 Å². The van der Waals surface area contributed by atoms with E-state index in [1.807, 2.05) is 53.2 Å². The van der Waals surface area contributed by atoms with E-state index in [0.717, 1.165) is 16.6 Å². The number of hydrogen-bond donors (Lipinski definition) is 0. The molecule has 21 heavy (non-hydrogen) atoms. The van der Waals surface area contributed by atoms with E-state index in [2.05, 4.69) is 4.98 Å². The van der Waals surface area contributed by atoms with Crippen molar-refractivity contribution in [3.05, 3.63) is 66.1 Å². The van der Waals surface area contributed by atoms with E-state index in [1.54, 1.807) is 13.0 Å². The maximum absolute atomic E-state index is 11.9. The van der Waals surface area contributed by atoms with Gasteiger partial charge in [-0.05, 0) is 31.2 Å². The third-order valence-electron chi connectivity index (χ3n) is 3.30. The number of esters is 1. The molecule has 0 radical (unpaired) electrons. The lowest BCUT2D eigenvalue weighted by atomic mass is 10.2. The van der Waals surface area contributed by atoms with Gasteiger partial charge >= 0.3 is 5.97 Å². The van der Waals surface area contributed by atoms with Crippen LogP contribution >= 0.6 is 0 Å². The fourth-order valence-corrected chi connectivity index (χ4v) is 2.31. The van der Waals surface area contributed by atoms with Crippen LogP contribution in [0.5, 0.6) is 0 Å². The number of para-hydroxylation sites is 1. The minimum Gasteiger partial charge on any atom is -0.461 e. The first-order valence-corrected chi connectivity index (χ1v) is 6.95. The third-order valence-corrected chi connectivity index (χ3v) is 3.30. The summed E-state index contributed by atoms with van der Waals surface area (Å²) < 4.78 is 6.91. The fraction of sp³-hybridized carbons (Fsp3) is 0.176. The fourth-order valence-electron chi connectivity index (χ4n) is 2.31. The van der Waals surface area contributed by atoms with Gasteiger partial charge in [-0.3, -0.25) is 4.98 Å². The van der Waals surface area contributed by atoms with Gasteiger partial charge in [0.25, 0.3) is 0 Å². The molecule has 4 heteroatoms. The van der Waals surface area contributed by atoms with Crippen LogP contribution in [0.3, 0.4) is 0 Å². The average molecular weight is 280 g/mol. The minimum atomic E-state index is -0.303. The molecule has 0 unspecified atom stereocenters. The normalized spacial score (nSPS) is 10.7. The maximum Gasteiger partial charge on any atom is 0.354 e. The monoisotopic (exact) mass is 280 g/mol. The van der Waals surface area contributed by atoms with Crippen LogP contribution in [-0.4, -0.2) is 22.1 Å². The van der Waals surface area contributed by atoms with Gasteiger partial charge in [-0.2, -0.15) is 0 Å². The van der Waals surface area contributed by atoms with Gasteiger partial charge in [-0.25, -0.2) is 4.79 Å². The summed E-state index contributed by atoms with van der Waals surface area (Å²) in [7, 11) is 0. The van der Waals surface area contributed by atoms with Crippen LogP contribution in [0.25, 0.3) is 10.9 Å². The number of carbonyl (C=O) groups excluding carboxylic acids is 1. The van der Waals surface area contributed by atoms with E-state index in [1.165, 1.54) is 0 Å². The number of nitrogens with zero attached hydrogens (tertiary/aromatic N) is 2. The highest BCUT2D eigenvalue weighted by atomic mass is 16.5. The van der Waals surface area contributed by atoms with Crippen molar-refractivity contribution in [3.8, 4) is 0 Å². The van der Waals surface area contributed by atoms with Crippen LogP contribution in [-0.2, 0) is 11.3 Å². The van der Waals surface area contributed by atoms with Crippen molar-refractivity contribution in [2.75, 3.05) is 6.61 Å². The van der Waals surface area contributed by atoms with E-state index in [-0.39, 0.29) is 5.97 Å². The second kappa shape index (κ2) is 5.79. The number of pyridine rings is 1. The molecule has 0 saturated carbocycles. The molecule has 0 saturated heterocycles. The molecular formula is C17H16N2O2. The molecule has 3 rings (SSSR count). The molecule has 3 aromatic rings. The van der Waals surface area contributed by atoms with Crippen molar-refractivity contribution in [2.24, 2.45) is 0 Å². The third kappa shape index (κ3) is 2.79. The van der Waals surface area contributed by atoms with Gasteiger partial charge in [0.2, 0.25) is 0 Å². The zero-order valence-corrected chi connectivity index (χ0v) is 11.8. The van der Waals surface area contributed by atoms with Crippen molar-refractivity contribution >= 4 is 16.9 Å². The Morgan fingerprint density at radius 3 is 2.86 bits per heavy atom. The van der Waals surface area contributed by atoms with Gasteiger partial charge in [-0.1, -0.05) is 24.3 Å². The highest BCUT2D eigenvalue weighted by Gasteiger charge is 2.12. The molecule has 106 valence electrons. The number of fused-ring (bicyclic) bond motifs is 1. The standard InChI is InChI=1S/C17H16N2O2/c1-2-21-17(20)16-8-5-11-19(16)12-14-10-9-13-6-3-4-7-15(13)18-14/h3-11H,2,12H2,1H3. The molecule has 0 bridgehead atoms. The SMILES string of the molecule is CCOC(=O)c1cccn1Cc1ccc2ccccc2n1. The second-order valence-electron chi connectivity index (χ2n) is 4.74. The molecular weight excluding hydrogens is 264 g/mol. The lowest BCUT2D eigenvalue weighted by Gasteiger charge is -2.09. The topological polar surface area (TPSA) is 44.1 Å². The maximum atomic E-state index is 11.9. The lowest BCUT2D eigenvalue weighted by molar-refractivity contribution is 0.0514. The lowest BCUT2D eigenvalue weighted by Crippen LogP contribution is -2.12. The Labute approximate surface area is 123 Å². The smallest absolute Gasteiger partial charge is 0.354 e. The Morgan fingerprint density at radius 1 is 1.14 bits per heavy atom. The molecule has 0 fully saturated rings. The summed E-state index contributed by atoms with van der Waals surface area (Å²) in [4.78, 5) is 16.5. The summed E-state index contributed by atoms with van der Waals surface area (Å²) in [5, 5.41) is 1.11. The predicted octanol–water partition coefficient (Wildman–Crippen LogP) is 3.26. The number of aromatic nitrogens is 2. The second-order valence-corrected chi connectivity index (χ2v) is 4.74. The molecule has 0 aliphatic rings. The molecule has 4 nitrogen and oxygen atoms in total. The van der Waals surface area contributed by atoms with E-state index >= 15 is 0 Å². The van der Waals surface area contributed by atoms with Crippen molar-refractivity contribution in [2.45, 2.75) is 13.5 Å². The molecule has 0 atom stereocenters. The van der Waals surface area contributed by atoms with Crippen molar-refractivity contribution in [1.29, 1.82) is 0 Å². The number of ether oxygens (including phenoxy) is 1. The Kier molecular flexibility index (Phi) is 3.69. The summed E-state index contributed by atoms with van der Waals surface area (Å²) in [5.74, 6) is -0.303. The summed E-state index contributed by atoms with van der Waals surface area (Å²) in [6.07, 6.45) is 1.86. The number of rotatable bonds is 4. The highest BCUT2D eigenvalue weighted by molar-refractivity contribution is 5.87. The predicted molar refractivity (Wildman–Crippen MR) is 81.2 cm³/mol. The molecule has 1 aromatic carbocycles. The molecule has 0 aliphatic heterocycles. The molecule has 0 amide bonds. The number of hydrogen-bond acceptors (Lipinski definition) is 3. The Hall–Kier alpha value is -2.62. The molecule has 0 spiro atoms. The van der Waals surface area contributed by atoms with E-state index < -0.39 is 0 Å². The largest absolute Gasteiger partial charge is 0.461 e. The average Bonchev–Trinajstić information content (AvgIpc) is 2.95. The van der Waals surface area contributed by atoms with Crippen molar-refractivity contribution < 1.29 is 9.53 Å². The first kappa shape index (κ1) is 13.4. The number of benzene rings is 1. The number of carbonyl (C=O) groups is 1. The van der Waals surface area contributed by atoms with Crippen LogP contribution in [0.4, 0.5) is 0 Å². The summed E-state index contributed by atoms with van der Waals surface area (Å²) in [6.45, 7) is 2.72. The van der Waals surface area contributed by atoms with Gasteiger partial charge in [-0.15, -0.1) is 0 Å². The first-order chi connectivity index (χ1) is 10.3. The molecule has 0 aliphatic carbocycles. The van der Waals surface area contributed by atoms with Gasteiger partial charge in [0, 0.05) is 11.6 Å². The molecule has 2 aromatic heterocycles. The zero-order valence-electron chi connectivity index (χ0n) is 11.8. The summed E-state index contributed by atoms with van der Waals surface area (Å²) in [6, 6.07) is 15.6. The van der Waals surface area contributed by atoms with E-state index in [9.17, 15) is 4.79 Å². The highest BCUT2D eigenvalue weighted by Crippen LogP contribution is 2.14. The van der Waals surface area contributed by atoms with E-state index in [0.29, 0.717) is 18.8 Å². The Bertz CT molecular complexity index is 777. The zero-order chi connectivity index (χ0) is 14.7. The van der Waals surface area contributed by atoms with E-state index in [4.69, 9.17) is 4.74 Å². The Morgan fingerprint density at radius 2 is 2.00 bits per heavy atom. The first-order valence-electron chi connectivity index (χ1n) is 6.95. The molecule has 0 N–H and O–H groups in total. The summed E-state index contributed by atoms with van der Waals surface area (Å²) in [5.41, 5.74) is 2.42. The quantitative estimate of drug-likeness (QED) is 0.689. The van der Waals surface area contributed by atoms with Crippen LogP contribution in [0.2, 0.25) is 0 Å². The van der Waals surface area contributed by atoms with Gasteiger partial charge < -0.3 is 9.30 Å². The minimum absolute atomic E-state index is 0.303. The van der Waals surface area contributed by atoms with Gasteiger partial charge in [0.15, 0.2) is 0 Å². The van der Waals surface area contributed by atoms with Crippen LogP contribution < -0.4 is 0 Å².